The molecule has 10 rings (SSSR count). The average Bonchev–Trinajstić information content (AvgIpc) is 3.55. The molecule has 5 heteroatoms. The number of hydrogen-bond donors (Lipinski definition) is 0. The predicted octanol–water partition coefficient (Wildman–Crippen LogP) is 12.2. The molecule has 0 saturated carbocycles. The Morgan fingerprint density at radius 2 is 1.11 bits per heavy atom. The Kier molecular flexibility index (Phi) is 9.95. The van der Waals surface area contributed by atoms with E-state index in [0.717, 1.165) is 81.1 Å². The molecule has 0 amide bonds. The number of aromatic nitrogens is 2. The number of para-hydroxylation sites is 2. The van der Waals surface area contributed by atoms with E-state index in [9.17, 15) is 0 Å². The van der Waals surface area contributed by atoms with Crippen molar-refractivity contribution in [3.05, 3.63) is 167 Å². The minimum Gasteiger partial charge on any atom is -0.459 e. The molecule has 4 nitrogen and oxygen atoms in total. The molecule has 2 aliphatic carbocycles. The molecular weight excluding hydrogens is 671 g/mol. The van der Waals surface area contributed by atoms with Gasteiger partial charge in [-0.05, 0) is 85.7 Å². The van der Waals surface area contributed by atoms with Crippen molar-refractivity contribution in [1.82, 2.24) is 9.13 Å². The van der Waals surface area contributed by atoms with Crippen LogP contribution < -0.4 is 20.4 Å². The van der Waals surface area contributed by atoms with Crippen molar-refractivity contribution in [2.24, 2.45) is 0 Å². The van der Waals surface area contributed by atoms with Crippen molar-refractivity contribution >= 4 is 63.7 Å². The van der Waals surface area contributed by atoms with Gasteiger partial charge < -0.3 is 18.6 Å². The molecule has 0 atom stereocenters. The highest BCUT2D eigenvalue weighted by Gasteiger charge is 2.42. The summed E-state index contributed by atoms with van der Waals surface area (Å²) in [6.45, 7) is 14.1. The van der Waals surface area contributed by atoms with Crippen LogP contribution in [-0.2, 0) is 0 Å². The topological polar surface area (TPSA) is 28.3 Å². The Bertz CT molecular complexity index is 2630. The van der Waals surface area contributed by atoms with Gasteiger partial charge in [-0.3, -0.25) is 0 Å². The van der Waals surface area contributed by atoms with Gasteiger partial charge >= 0.3 is 0 Å². The quantitative estimate of drug-likeness (QED) is 0.170. The summed E-state index contributed by atoms with van der Waals surface area (Å²) in [6, 6.07) is 30.5. The molecule has 2 aromatic heterocycles. The summed E-state index contributed by atoms with van der Waals surface area (Å²) >= 11 is 0. The number of ether oxygens (including phenoxy) is 2. The van der Waals surface area contributed by atoms with E-state index in [1.807, 2.05) is 40.7 Å². The van der Waals surface area contributed by atoms with Crippen molar-refractivity contribution in [2.75, 3.05) is 0 Å². The zero-order valence-corrected chi connectivity index (χ0v) is 32.5. The molecule has 0 unspecified atom stereocenters. The maximum Gasteiger partial charge on any atom is 0.260 e. The third kappa shape index (κ3) is 5.86. The zero-order chi connectivity index (χ0) is 38.1. The Labute approximate surface area is 325 Å². The summed E-state index contributed by atoms with van der Waals surface area (Å²) in [5.74, 6) is 3.23. The predicted molar refractivity (Wildman–Crippen MR) is 236 cm³/mol. The maximum atomic E-state index is 6.83. The van der Waals surface area contributed by atoms with Gasteiger partial charge in [0.05, 0.1) is 22.4 Å². The van der Waals surface area contributed by atoms with Crippen molar-refractivity contribution in [1.29, 1.82) is 0 Å². The molecule has 4 heterocycles. The molecule has 0 saturated heterocycles. The van der Waals surface area contributed by atoms with Crippen LogP contribution in [0.5, 0.6) is 11.5 Å². The number of nitrogens with zero attached hydrogens (tertiary/aromatic N) is 2. The van der Waals surface area contributed by atoms with Crippen molar-refractivity contribution in [2.45, 2.75) is 53.9 Å². The third-order valence-electron chi connectivity index (χ3n) is 10.6. The number of benzene rings is 4. The molecular formula is C50H47BN2O2. The van der Waals surface area contributed by atoms with Crippen LogP contribution in [0.1, 0.15) is 76.4 Å². The largest absolute Gasteiger partial charge is 0.459 e. The highest BCUT2D eigenvalue weighted by molar-refractivity contribution is 6.93. The molecule has 0 fully saturated rings. The van der Waals surface area contributed by atoms with Crippen LogP contribution in [0.25, 0.3) is 57.5 Å². The lowest BCUT2D eigenvalue weighted by Gasteiger charge is -2.34. The highest BCUT2D eigenvalue weighted by atomic mass is 16.5. The maximum absolute atomic E-state index is 6.83. The number of hydrogen-bond acceptors (Lipinski definition) is 2. The van der Waals surface area contributed by atoms with Gasteiger partial charge in [0.25, 0.3) is 6.71 Å². The molecule has 55 heavy (non-hydrogen) atoms. The van der Waals surface area contributed by atoms with E-state index in [1.165, 1.54) is 33.3 Å². The van der Waals surface area contributed by atoms with E-state index in [4.69, 9.17) is 9.47 Å². The van der Waals surface area contributed by atoms with Crippen LogP contribution in [0.15, 0.2) is 145 Å². The van der Waals surface area contributed by atoms with Crippen LogP contribution in [-0.4, -0.2) is 15.8 Å². The monoisotopic (exact) mass is 718 g/mol. The molecule has 0 bridgehead atoms. The van der Waals surface area contributed by atoms with E-state index in [1.54, 1.807) is 0 Å². The fraction of sp³-hybridized carbons (Fsp3) is 0.160. The van der Waals surface area contributed by atoms with E-state index >= 15 is 0 Å². The summed E-state index contributed by atoms with van der Waals surface area (Å²) in [4.78, 5) is 0. The minimum atomic E-state index is -0.115. The SMILES string of the molecule is C=CC1=C2B(c3cc4c5c(n(-c6ccccc6)c4cc3O1)/C=C\CC/C=C\5)c1cc3c4c(n(-c5ccccc5)c3cc1O/C2=C/C)C=CCC=C4.CC.CC. The van der Waals surface area contributed by atoms with Gasteiger partial charge in [0.2, 0.25) is 0 Å². The molecule has 6 aromatic rings. The van der Waals surface area contributed by atoms with Gasteiger partial charge in [-0.15, -0.1) is 0 Å². The highest BCUT2D eigenvalue weighted by Crippen LogP contribution is 2.42. The van der Waals surface area contributed by atoms with Gasteiger partial charge in [0.15, 0.2) is 0 Å². The van der Waals surface area contributed by atoms with Crippen LogP contribution >= 0.6 is 0 Å². The smallest absolute Gasteiger partial charge is 0.260 e. The second kappa shape index (κ2) is 15.3. The fourth-order valence-electron chi connectivity index (χ4n) is 8.40. The van der Waals surface area contributed by atoms with E-state index in [-0.39, 0.29) is 6.71 Å². The number of fused-ring (bicyclic) bond motifs is 11. The molecule has 0 radical (unpaired) electrons. The number of rotatable bonds is 3. The first-order chi connectivity index (χ1) is 27.2. The van der Waals surface area contributed by atoms with Crippen LogP contribution in [0.2, 0.25) is 0 Å². The Hall–Kier alpha value is -6.20. The van der Waals surface area contributed by atoms with Gasteiger partial charge in [-0.1, -0.05) is 119 Å². The zero-order valence-electron chi connectivity index (χ0n) is 32.5. The Morgan fingerprint density at radius 3 is 1.65 bits per heavy atom. The lowest BCUT2D eigenvalue weighted by atomic mass is 9.34. The summed E-state index contributed by atoms with van der Waals surface area (Å²) in [5.41, 5.74) is 12.6. The lowest BCUT2D eigenvalue weighted by Crippen LogP contribution is -2.51. The standard InChI is InChI=1S/C46H35BN2O2.2C2H6/c1-3-42-46-43(4-2)51-45-29-41-35(33-23-15-9-17-25-39(33)49(41)31-20-12-8-13-21-31)27-37(45)47(46)36-26-34-32-22-14-5-6-16-24-38(32)48(30-18-10-7-11-19-30)40(34)28-44(36)50-42;2*1-2/h3-4,7-8,10-29H,1,5-6,9H2,2H3;2*1-2H3/b22-14-,24-16-,43-4+;;. The summed E-state index contributed by atoms with van der Waals surface area (Å²) in [7, 11) is 0. The molecule has 0 spiro atoms. The van der Waals surface area contributed by atoms with Gasteiger partial charge in [-0.25, -0.2) is 0 Å². The van der Waals surface area contributed by atoms with Gasteiger partial charge in [-0.2, -0.15) is 0 Å². The molecule has 2 aliphatic heterocycles. The summed E-state index contributed by atoms with van der Waals surface area (Å²) in [6.07, 6.45) is 25.0. The van der Waals surface area contributed by atoms with E-state index in [2.05, 4.69) is 155 Å². The van der Waals surface area contributed by atoms with E-state index < -0.39 is 0 Å². The molecule has 4 aliphatic rings. The molecule has 4 aromatic carbocycles. The number of allylic oxidation sites excluding steroid dienone is 7. The van der Waals surface area contributed by atoms with Crippen molar-refractivity contribution in [3.8, 4) is 22.9 Å². The van der Waals surface area contributed by atoms with Gasteiger partial charge in [0.1, 0.15) is 23.0 Å². The van der Waals surface area contributed by atoms with Crippen LogP contribution in [0.4, 0.5) is 0 Å². The lowest BCUT2D eigenvalue weighted by molar-refractivity contribution is 0.410. The van der Waals surface area contributed by atoms with Crippen molar-refractivity contribution in [3.63, 3.8) is 0 Å². The average molecular weight is 719 g/mol. The first-order valence-electron chi connectivity index (χ1n) is 19.8. The fourth-order valence-corrected chi connectivity index (χ4v) is 8.40. The minimum absolute atomic E-state index is 0.115. The first kappa shape index (κ1) is 35.8. The normalized spacial score (nSPS) is 16.7. The summed E-state index contributed by atoms with van der Waals surface area (Å²) in [5, 5.41) is 2.40. The third-order valence-corrected chi connectivity index (χ3v) is 10.6. The summed E-state index contributed by atoms with van der Waals surface area (Å²) < 4.78 is 18.4. The molecule has 0 N–H and O–H groups in total. The molecule has 272 valence electrons. The van der Waals surface area contributed by atoms with Crippen LogP contribution in [0.3, 0.4) is 0 Å². The van der Waals surface area contributed by atoms with Crippen molar-refractivity contribution < 1.29 is 9.47 Å². The second-order valence-electron chi connectivity index (χ2n) is 13.4. The Balaban J connectivity index is 0.00000104. The first-order valence-corrected chi connectivity index (χ1v) is 19.8. The van der Waals surface area contributed by atoms with E-state index in [0.29, 0.717) is 0 Å². The van der Waals surface area contributed by atoms with Gasteiger partial charge in [0, 0.05) is 50.9 Å². The second-order valence-corrected chi connectivity index (χ2v) is 13.4. The van der Waals surface area contributed by atoms with Crippen LogP contribution in [0, 0.1) is 0 Å². The Morgan fingerprint density at radius 1 is 0.618 bits per heavy atom.